The number of halogens is 1. The summed E-state index contributed by atoms with van der Waals surface area (Å²) in [5.41, 5.74) is 2.29. The van der Waals surface area contributed by atoms with Gasteiger partial charge in [-0.1, -0.05) is 17.7 Å². The van der Waals surface area contributed by atoms with Crippen LogP contribution in [-0.2, 0) is 4.79 Å². The number of ether oxygens (including phenoxy) is 3. The van der Waals surface area contributed by atoms with Crippen LogP contribution in [0.3, 0.4) is 0 Å². The van der Waals surface area contributed by atoms with E-state index in [0.717, 1.165) is 5.56 Å². The third-order valence-electron chi connectivity index (χ3n) is 5.96. The van der Waals surface area contributed by atoms with Crippen molar-refractivity contribution in [2.24, 2.45) is 0 Å². The molecule has 2 aromatic heterocycles. The molecule has 1 aliphatic heterocycles. The summed E-state index contributed by atoms with van der Waals surface area (Å²) in [7, 11) is 1.54. The van der Waals surface area contributed by atoms with Gasteiger partial charge >= 0.3 is 29.6 Å². The van der Waals surface area contributed by atoms with Crippen LogP contribution in [0.5, 0.6) is 23.1 Å². The molecule has 2 aromatic carbocycles. The van der Waals surface area contributed by atoms with Crippen molar-refractivity contribution in [2.75, 3.05) is 19.0 Å². The van der Waals surface area contributed by atoms with Crippen LogP contribution in [0.2, 0.25) is 5.02 Å². The number of carboxylic acids is 1. The molecule has 0 aliphatic carbocycles. The molecule has 0 saturated carbocycles. The van der Waals surface area contributed by atoms with E-state index >= 15 is 0 Å². The van der Waals surface area contributed by atoms with Crippen molar-refractivity contribution in [3.8, 4) is 34.4 Å². The number of hydrogen-bond donors (Lipinski definition) is 1. The van der Waals surface area contributed by atoms with Crippen molar-refractivity contribution in [1.29, 1.82) is 0 Å². The van der Waals surface area contributed by atoms with Crippen molar-refractivity contribution >= 4 is 29.3 Å². The van der Waals surface area contributed by atoms with E-state index in [0.29, 0.717) is 52.2 Å². The number of carbonyl (C=O) groups is 2. The maximum atomic E-state index is 12.8. The fraction of sp³-hybridized carbons (Fsp3) is 0.143. The van der Waals surface area contributed by atoms with Crippen molar-refractivity contribution in [1.82, 2.24) is 9.97 Å². The Bertz CT molecular complexity index is 1500. The van der Waals surface area contributed by atoms with Gasteiger partial charge < -0.3 is 29.4 Å². The van der Waals surface area contributed by atoms with Gasteiger partial charge in [0.25, 0.3) is 5.91 Å². The molecule has 192 valence electrons. The van der Waals surface area contributed by atoms with Crippen LogP contribution >= 0.6 is 11.6 Å². The maximum absolute atomic E-state index is 12.8. The maximum Gasteiger partial charge on any atom is 1.00 e. The summed E-state index contributed by atoms with van der Waals surface area (Å²) in [4.78, 5) is 32.9. The van der Waals surface area contributed by atoms with Gasteiger partial charge in [0, 0.05) is 46.9 Å². The number of hydrogen-bond acceptors (Lipinski definition) is 8. The van der Waals surface area contributed by atoms with E-state index in [-0.39, 0.29) is 47.1 Å². The molecule has 1 unspecified atom stereocenters. The van der Waals surface area contributed by atoms with Crippen LogP contribution in [-0.4, -0.2) is 35.6 Å². The molecular formula is C28H21ClN3NaO6. The second kappa shape index (κ2) is 12.5. The van der Waals surface area contributed by atoms with E-state index in [1.54, 1.807) is 61.8 Å². The molecule has 0 fully saturated rings. The molecule has 5 rings (SSSR count). The Labute approximate surface area is 251 Å². The number of carboxylic acid groups (broad SMARTS) is 1. The SMILES string of the molecule is COc1ccc(-c2cccc(NC(=O)c3ccc(Oc4cc5c(cc4Cl)C(C(=O)[O-])CCO5)cc3)n2)cn1.[Na+]. The van der Waals surface area contributed by atoms with Crippen LogP contribution in [0, 0.1) is 0 Å². The Hall–Kier alpha value is -3.63. The number of nitrogens with zero attached hydrogens (tertiary/aromatic N) is 2. The first-order valence-electron chi connectivity index (χ1n) is 11.6. The number of carbonyl (C=O) groups excluding carboxylic acids is 2. The average Bonchev–Trinajstić information content (AvgIpc) is 2.93. The number of fused-ring (bicyclic) bond motifs is 1. The molecule has 0 bridgehead atoms. The zero-order valence-corrected chi connectivity index (χ0v) is 23.9. The molecule has 1 atom stereocenters. The number of methoxy groups -OCH3 is 1. The minimum atomic E-state index is -1.17. The fourth-order valence-electron chi connectivity index (χ4n) is 4.02. The van der Waals surface area contributed by atoms with E-state index in [9.17, 15) is 14.7 Å². The minimum Gasteiger partial charge on any atom is -0.549 e. The third kappa shape index (κ3) is 6.51. The molecule has 4 aromatic rings. The summed E-state index contributed by atoms with van der Waals surface area (Å²) in [6.07, 6.45) is 1.96. The van der Waals surface area contributed by atoms with Crippen LogP contribution in [0.1, 0.15) is 28.3 Å². The van der Waals surface area contributed by atoms with E-state index in [1.165, 1.54) is 6.07 Å². The van der Waals surface area contributed by atoms with Gasteiger partial charge in [0.15, 0.2) is 0 Å². The monoisotopic (exact) mass is 553 g/mol. The number of anilines is 1. The number of pyridine rings is 2. The number of aliphatic carboxylic acids is 1. The third-order valence-corrected chi connectivity index (χ3v) is 6.26. The smallest absolute Gasteiger partial charge is 0.549 e. The van der Waals surface area contributed by atoms with E-state index in [4.69, 9.17) is 25.8 Å². The topological polar surface area (TPSA) is 123 Å². The summed E-state index contributed by atoms with van der Waals surface area (Å²) in [6, 6.07) is 18.4. The zero-order chi connectivity index (χ0) is 26.6. The van der Waals surface area contributed by atoms with Gasteiger partial charge in [0.1, 0.15) is 23.1 Å². The van der Waals surface area contributed by atoms with Crippen molar-refractivity contribution in [3.05, 3.63) is 89.1 Å². The molecule has 11 heteroatoms. The molecule has 0 spiro atoms. The standard InChI is InChI=1S/C28H22ClN3O6.Na/c1-36-26-10-7-17(15-30-26)22-3-2-4-25(31-22)32-27(33)16-5-8-18(9-6-16)38-24-14-23-20(13-21(24)29)19(28(34)35)11-12-37-23;/h2-10,13-15,19H,11-12H2,1H3,(H,34,35)(H,31,32,33);/q;+1/p-1. The van der Waals surface area contributed by atoms with Crippen molar-refractivity contribution in [2.45, 2.75) is 12.3 Å². The van der Waals surface area contributed by atoms with Gasteiger partial charge in [0.2, 0.25) is 5.88 Å². The number of aromatic nitrogens is 2. The second-order valence-corrected chi connectivity index (χ2v) is 8.81. The number of benzene rings is 2. The van der Waals surface area contributed by atoms with Crippen LogP contribution < -0.4 is 54.2 Å². The van der Waals surface area contributed by atoms with Crippen LogP contribution in [0.25, 0.3) is 11.3 Å². The first-order valence-corrected chi connectivity index (χ1v) is 12.0. The van der Waals surface area contributed by atoms with Gasteiger partial charge in [0.05, 0.1) is 24.4 Å². The molecule has 1 aliphatic rings. The van der Waals surface area contributed by atoms with Gasteiger partial charge in [-0.25, -0.2) is 9.97 Å². The molecule has 0 saturated heterocycles. The Morgan fingerprint density at radius 2 is 1.90 bits per heavy atom. The summed E-state index contributed by atoms with van der Waals surface area (Å²) in [6.45, 7) is 0.255. The van der Waals surface area contributed by atoms with Gasteiger partial charge in [-0.2, -0.15) is 0 Å². The molecule has 1 N–H and O–H groups in total. The fourth-order valence-corrected chi connectivity index (χ4v) is 4.23. The predicted molar refractivity (Wildman–Crippen MR) is 138 cm³/mol. The van der Waals surface area contributed by atoms with Crippen molar-refractivity contribution < 1.29 is 58.5 Å². The Morgan fingerprint density at radius 3 is 2.59 bits per heavy atom. The molecule has 9 nitrogen and oxygen atoms in total. The molecule has 3 heterocycles. The molecular weight excluding hydrogens is 533 g/mol. The van der Waals surface area contributed by atoms with Gasteiger partial charge in [-0.15, -0.1) is 0 Å². The quantitative estimate of drug-likeness (QED) is 0.341. The predicted octanol–water partition coefficient (Wildman–Crippen LogP) is 1.47. The number of nitrogens with one attached hydrogen (secondary N) is 1. The first-order chi connectivity index (χ1) is 18.4. The largest absolute Gasteiger partial charge is 1.00 e. The summed E-state index contributed by atoms with van der Waals surface area (Å²) >= 11 is 6.35. The van der Waals surface area contributed by atoms with Gasteiger partial charge in [-0.05, 0) is 55.0 Å². The Morgan fingerprint density at radius 1 is 1.10 bits per heavy atom. The average molecular weight is 554 g/mol. The summed E-state index contributed by atoms with van der Waals surface area (Å²) < 4.78 is 16.5. The van der Waals surface area contributed by atoms with Crippen LogP contribution in [0.15, 0.2) is 72.9 Å². The first kappa shape index (κ1) is 28.4. The summed E-state index contributed by atoms with van der Waals surface area (Å²) in [5, 5.41) is 14.5. The molecule has 1 amide bonds. The van der Waals surface area contributed by atoms with E-state index < -0.39 is 11.9 Å². The Balaban J connectivity index is 0.00000353. The van der Waals surface area contributed by atoms with E-state index in [2.05, 4.69) is 15.3 Å². The summed E-state index contributed by atoms with van der Waals surface area (Å²) in [5.74, 6) is -0.294. The molecule has 0 radical (unpaired) electrons. The Kier molecular flexibility index (Phi) is 9.08. The van der Waals surface area contributed by atoms with Crippen molar-refractivity contribution in [3.63, 3.8) is 0 Å². The number of amides is 1. The van der Waals surface area contributed by atoms with E-state index in [1.807, 2.05) is 12.1 Å². The van der Waals surface area contributed by atoms with Crippen LogP contribution in [0.4, 0.5) is 5.82 Å². The second-order valence-electron chi connectivity index (χ2n) is 8.41. The zero-order valence-electron chi connectivity index (χ0n) is 21.1. The van der Waals surface area contributed by atoms with Gasteiger partial charge in [-0.3, -0.25) is 4.79 Å². The minimum absolute atomic E-state index is 0. The molecule has 39 heavy (non-hydrogen) atoms. The normalized spacial score (nSPS) is 13.7. The number of rotatable bonds is 7.